The Hall–Kier alpha value is -2.08. The first-order chi connectivity index (χ1) is 14.7. The Kier molecular flexibility index (Phi) is 9.00. The first-order valence-corrected chi connectivity index (χ1v) is 11.6. The van der Waals surface area contributed by atoms with Crippen molar-refractivity contribution in [3.05, 3.63) is 35.4 Å². The highest BCUT2D eigenvalue weighted by Crippen LogP contribution is 2.20. The van der Waals surface area contributed by atoms with Gasteiger partial charge < -0.3 is 19.9 Å². The summed E-state index contributed by atoms with van der Waals surface area (Å²) in [6, 6.07) is 8.45. The number of fused-ring (bicyclic) bond motifs is 1. The lowest BCUT2D eigenvalue weighted by Crippen LogP contribution is -2.40. The van der Waals surface area contributed by atoms with Crippen molar-refractivity contribution in [2.24, 2.45) is 10.9 Å². The smallest absolute Gasteiger partial charge is 0.222 e. The van der Waals surface area contributed by atoms with E-state index in [0.29, 0.717) is 13.0 Å². The van der Waals surface area contributed by atoms with E-state index in [1.54, 1.807) is 0 Å². The van der Waals surface area contributed by atoms with Crippen LogP contribution < -0.4 is 5.32 Å². The number of carbonyl (C=O) groups is 1. The second-order valence-corrected chi connectivity index (χ2v) is 8.44. The summed E-state index contributed by atoms with van der Waals surface area (Å²) in [4.78, 5) is 21.6. The fourth-order valence-corrected chi connectivity index (χ4v) is 4.27. The molecule has 30 heavy (non-hydrogen) atoms. The maximum absolute atomic E-state index is 12.6. The van der Waals surface area contributed by atoms with Crippen molar-refractivity contribution in [2.45, 2.75) is 52.0 Å². The molecular weight excluding hydrogens is 376 g/mol. The van der Waals surface area contributed by atoms with Crippen molar-refractivity contribution in [3.8, 4) is 0 Å². The van der Waals surface area contributed by atoms with E-state index in [1.165, 1.54) is 30.4 Å². The van der Waals surface area contributed by atoms with E-state index >= 15 is 0 Å². The molecular formula is C24H38N4O2. The molecule has 0 aromatic heterocycles. The fraction of sp³-hybridized carbons (Fsp3) is 0.667. The third-order valence-electron chi connectivity index (χ3n) is 6.20. The van der Waals surface area contributed by atoms with Crippen molar-refractivity contribution >= 4 is 11.9 Å². The van der Waals surface area contributed by atoms with E-state index in [9.17, 15) is 4.79 Å². The summed E-state index contributed by atoms with van der Waals surface area (Å²) in [7, 11) is 2.11. The minimum absolute atomic E-state index is 0.248. The molecule has 2 aliphatic heterocycles. The Labute approximate surface area is 181 Å². The summed E-state index contributed by atoms with van der Waals surface area (Å²) in [6.07, 6.45) is 5.84. The molecule has 1 N–H and O–H groups in total. The molecule has 0 radical (unpaired) electrons. The van der Waals surface area contributed by atoms with Crippen LogP contribution in [0.3, 0.4) is 0 Å². The van der Waals surface area contributed by atoms with Crippen molar-refractivity contribution in [1.29, 1.82) is 0 Å². The summed E-state index contributed by atoms with van der Waals surface area (Å²) < 4.78 is 5.46. The highest BCUT2D eigenvalue weighted by Gasteiger charge is 2.20. The van der Waals surface area contributed by atoms with Gasteiger partial charge >= 0.3 is 0 Å². The first-order valence-electron chi connectivity index (χ1n) is 11.6. The Morgan fingerprint density at radius 1 is 1.27 bits per heavy atom. The zero-order chi connectivity index (χ0) is 21.2. The molecule has 1 saturated heterocycles. The summed E-state index contributed by atoms with van der Waals surface area (Å²) >= 11 is 0. The summed E-state index contributed by atoms with van der Waals surface area (Å²) in [5, 5.41) is 3.39. The highest BCUT2D eigenvalue weighted by molar-refractivity contribution is 5.80. The van der Waals surface area contributed by atoms with Gasteiger partial charge in [-0.15, -0.1) is 0 Å². The number of amides is 1. The molecule has 0 bridgehead atoms. The van der Waals surface area contributed by atoms with E-state index in [-0.39, 0.29) is 5.91 Å². The molecule has 1 fully saturated rings. The van der Waals surface area contributed by atoms with Gasteiger partial charge in [0, 0.05) is 59.4 Å². The lowest BCUT2D eigenvalue weighted by atomic mass is 9.96. The number of hydrogen-bond acceptors (Lipinski definition) is 3. The van der Waals surface area contributed by atoms with Crippen LogP contribution in [0, 0.1) is 5.92 Å². The monoisotopic (exact) mass is 414 g/mol. The lowest BCUT2D eigenvalue weighted by molar-refractivity contribution is -0.132. The van der Waals surface area contributed by atoms with Gasteiger partial charge in [0.25, 0.3) is 0 Å². The van der Waals surface area contributed by atoms with Crippen LogP contribution in [0.1, 0.15) is 50.2 Å². The molecule has 0 spiro atoms. The molecule has 1 aromatic rings. The zero-order valence-electron chi connectivity index (χ0n) is 18.7. The van der Waals surface area contributed by atoms with Gasteiger partial charge in [-0.3, -0.25) is 9.79 Å². The number of benzene rings is 1. The van der Waals surface area contributed by atoms with Crippen molar-refractivity contribution in [3.63, 3.8) is 0 Å². The van der Waals surface area contributed by atoms with Crippen molar-refractivity contribution in [2.75, 3.05) is 46.4 Å². The van der Waals surface area contributed by atoms with Gasteiger partial charge in [0.2, 0.25) is 5.91 Å². The maximum atomic E-state index is 12.6. The number of guanidine groups is 1. The molecule has 2 aliphatic rings. The fourth-order valence-electron chi connectivity index (χ4n) is 4.27. The largest absolute Gasteiger partial charge is 0.381 e. The second-order valence-electron chi connectivity index (χ2n) is 8.44. The van der Waals surface area contributed by atoms with Gasteiger partial charge in [-0.1, -0.05) is 24.3 Å². The van der Waals surface area contributed by atoms with E-state index in [1.807, 2.05) is 4.90 Å². The molecule has 0 atom stereocenters. The lowest BCUT2D eigenvalue weighted by Gasteiger charge is -2.29. The van der Waals surface area contributed by atoms with Gasteiger partial charge in [0.05, 0.1) is 0 Å². The number of carbonyl (C=O) groups excluding carboxylic acids is 1. The van der Waals surface area contributed by atoms with E-state index in [2.05, 4.69) is 48.5 Å². The van der Waals surface area contributed by atoms with E-state index in [0.717, 1.165) is 64.1 Å². The number of ether oxygens (including phenoxy) is 1. The van der Waals surface area contributed by atoms with E-state index < -0.39 is 0 Å². The van der Waals surface area contributed by atoms with Crippen LogP contribution in [0.25, 0.3) is 0 Å². The molecule has 0 aliphatic carbocycles. The Morgan fingerprint density at radius 3 is 2.80 bits per heavy atom. The second kappa shape index (κ2) is 11.9. The maximum Gasteiger partial charge on any atom is 0.222 e. The SMILES string of the molecule is CCNC(=NCCCC(=O)N1CCc2ccccc2C1)N(C)CCC1CCOCC1. The third kappa shape index (κ3) is 6.73. The molecule has 1 aromatic carbocycles. The number of aliphatic imine (C=N–C) groups is 1. The van der Waals surface area contributed by atoms with Gasteiger partial charge in [0.15, 0.2) is 5.96 Å². The third-order valence-corrected chi connectivity index (χ3v) is 6.20. The normalized spacial score (nSPS) is 17.5. The molecule has 0 saturated carbocycles. The van der Waals surface area contributed by atoms with Crippen LogP contribution in [-0.4, -0.2) is 68.1 Å². The van der Waals surface area contributed by atoms with Crippen LogP contribution in [0.5, 0.6) is 0 Å². The molecule has 0 unspecified atom stereocenters. The minimum Gasteiger partial charge on any atom is -0.381 e. The van der Waals surface area contributed by atoms with Crippen LogP contribution in [0.2, 0.25) is 0 Å². The molecule has 3 rings (SSSR count). The van der Waals surface area contributed by atoms with Crippen LogP contribution in [-0.2, 0) is 22.5 Å². The Bertz CT molecular complexity index is 700. The minimum atomic E-state index is 0.248. The number of rotatable bonds is 8. The number of hydrogen-bond donors (Lipinski definition) is 1. The average molecular weight is 415 g/mol. The summed E-state index contributed by atoms with van der Waals surface area (Å²) in [5.41, 5.74) is 2.67. The van der Waals surface area contributed by atoms with Crippen LogP contribution >= 0.6 is 0 Å². The predicted molar refractivity (Wildman–Crippen MR) is 122 cm³/mol. The van der Waals surface area contributed by atoms with Gasteiger partial charge in [-0.2, -0.15) is 0 Å². The first kappa shape index (κ1) is 22.6. The molecule has 6 heteroatoms. The Morgan fingerprint density at radius 2 is 2.03 bits per heavy atom. The van der Waals surface area contributed by atoms with Gasteiger partial charge in [0.1, 0.15) is 0 Å². The molecule has 2 heterocycles. The molecule has 166 valence electrons. The summed E-state index contributed by atoms with van der Waals surface area (Å²) in [5.74, 6) is 1.96. The van der Waals surface area contributed by atoms with E-state index in [4.69, 9.17) is 9.73 Å². The van der Waals surface area contributed by atoms with Crippen molar-refractivity contribution < 1.29 is 9.53 Å². The molecule has 1 amide bonds. The Balaban J connectivity index is 1.40. The predicted octanol–water partition coefficient (Wildman–Crippen LogP) is 3.07. The van der Waals surface area contributed by atoms with Crippen LogP contribution in [0.4, 0.5) is 0 Å². The zero-order valence-corrected chi connectivity index (χ0v) is 18.7. The molecule has 6 nitrogen and oxygen atoms in total. The topological polar surface area (TPSA) is 57.2 Å². The van der Waals surface area contributed by atoms with Crippen molar-refractivity contribution in [1.82, 2.24) is 15.1 Å². The quantitative estimate of drug-likeness (QED) is 0.404. The van der Waals surface area contributed by atoms with Gasteiger partial charge in [-0.25, -0.2) is 0 Å². The van der Waals surface area contributed by atoms with Gasteiger partial charge in [-0.05, 0) is 56.1 Å². The number of nitrogens with zero attached hydrogens (tertiary/aromatic N) is 3. The van der Waals surface area contributed by atoms with Crippen LogP contribution in [0.15, 0.2) is 29.3 Å². The average Bonchev–Trinajstić information content (AvgIpc) is 2.79. The summed E-state index contributed by atoms with van der Waals surface area (Å²) in [6.45, 7) is 8.01. The standard InChI is InChI=1S/C24H38N4O2/c1-3-25-24(27(2)15-10-20-12-17-30-18-13-20)26-14-6-9-23(29)28-16-11-21-7-4-5-8-22(21)19-28/h4-5,7-8,20H,3,6,9-19H2,1-2H3,(H,25,26). The highest BCUT2D eigenvalue weighted by atomic mass is 16.5. The number of nitrogens with one attached hydrogen (secondary N) is 1.